The number of aliphatic hydroxyl groups excluding tert-OH is 1. The third-order valence-corrected chi connectivity index (χ3v) is 3.13. The number of aliphatic hydroxyl groups is 1. The van der Waals surface area contributed by atoms with Crippen LogP contribution in [0, 0.1) is 12.7 Å². The summed E-state index contributed by atoms with van der Waals surface area (Å²) in [6.45, 7) is 3.88. The lowest BCUT2D eigenvalue weighted by Crippen LogP contribution is -2.03. The Morgan fingerprint density at radius 1 is 1.17 bits per heavy atom. The zero-order valence-corrected chi connectivity index (χ0v) is 10.7. The lowest BCUT2D eigenvalue weighted by atomic mass is 9.98. The molecule has 0 aliphatic rings. The second-order valence-corrected chi connectivity index (χ2v) is 4.53. The van der Waals surface area contributed by atoms with Crippen LogP contribution in [0.3, 0.4) is 0 Å². The highest BCUT2D eigenvalue weighted by Gasteiger charge is 2.15. The van der Waals surface area contributed by atoms with Crippen molar-refractivity contribution < 1.29 is 9.50 Å². The van der Waals surface area contributed by atoms with Crippen LogP contribution in [-0.2, 0) is 6.42 Å². The number of aryl methyl sites for hydroxylation is 2. The Morgan fingerprint density at radius 2 is 1.94 bits per heavy atom. The molecule has 1 unspecified atom stereocenters. The highest BCUT2D eigenvalue weighted by molar-refractivity contribution is 5.34. The Balaban J connectivity index is 2.37. The standard InChI is InChI=1S/C16H17FO/c1-3-12-5-4-6-13(10-12)16(18)14-8-7-11(2)9-15(14)17/h4-10,16,18H,3H2,1-2H3. The molecule has 0 aromatic heterocycles. The Hall–Kier alpha value is -1.67. The monoisotopic (exact) mass is 244 g/mol. The molecule has 1 atom stereocenters. The third kappa shape index (κ3) is 2.59. The van der Waals surface area contributed by atoms with Gasteiger partial charge >= 0.3 is 0 Å². The molecule has 0 heterocycles. The molecule has 1 nitrogen and oxygen atoms in total. The average Bonchev–Trinajstić information content (AvgIpc) is 2.38. The molecule has 0 saturated heterocycles. The van der Waals surface area contributed by atoms with E-state index in [1.165, 1.54) is 6.07 Å². The topological polar surface area (TPSA) is 20.2 Å². The maximum absolute atomic E-state index is 13.8. The summed E-state index contributed by atoms with van der Waals surface area (Å²) < 4.78 is 13.8. The summed E-state index contributed by atoms with van der Waals surface area (Å²) in [6, 6.07) is 12.5. The molecular formula is C16H17FO. The van der Waals surface area contributed by atoms with E-state index in [0.717, 1.165) is 23.1 Å². The van der Waals surface area contributed by atoms with E-state index in [-0.39, 0.29) is 5.82 Å². The summed E-state index contributed by atoms with van der Waals surface area (Å²) in [7, 11) is 0. The van der Waals surface area contributed by atoms with Crippen molar-refractivity contribution in [2.75, 3.05) is 0 Å². The second kappa shape index (κ2) is 5.32. The number of hydrogen-bond acceptors (Lipinski definition) is 1. The fourth-order valence-corrected chi connectivity index (χ4v) is 2.02. The second-order valence-electron chi connectivity index (χ2n) is 4.53. The van der Waals surface area contributed by atoms with Gasteiger partial charge in [0.25, 0.3) is 0 Å². The van der Waals surface area contributed by atoms with Crippen molar-refractivity contribution >= 4 is 0 Å². The van der Waals surface area contributed by atoms with Gasteiger partial charge in [0.2, 0.25) is 0 Å². The minimum Gasteiger partial charge on any atom is -0.384 e. The lowest BCUT2D eigenvalue weighted by Gasteiger charge is -2.13. The van der Waals surface area contributed by atoms with Gasteiger partial charge in [0.1, 0.15) is 11.9 Å². The van der Waals surface area contributed by atoms with E-state index >= 15 is 0 Å². The largest absolute Gasteiger partial charge is 0.384 e. The van der Waals surface area contributed by atoms with Crippen LogP contribution in [0.5, 0.6) is 0 Å². The summed E-state index contributed by atoms with van der Waals surface area (Å²) >= 11 is 0. The normalized spacial score (nSPS) is 12.4. The Labute approximate surface area is 107 Å². The van der Waals surface area contributed by atoms with Gasteiger partial charge in [-0.05, 0) is 36.1 Å². The van der Waals surface area contributed by atoms with Crippen LogP contribution in [0.4, 0.5) is 4.39 Å². The maximum atomic E-state index is 13.8. The van der Waals surface area contributed by atoms with Gasteiger partial charge in [0.05, 0.1) is 0 Å². The number of benzene rings is 2. The number of rotatable bonds is 3. The average molecular weight is 244 g/mol. The summed E-state index contributed by atoms with van der Waals surface area (Å²) in [5.41, 5.74) is 3.05. The number of hydrogen-bond donors (Lipinski definition) is 1. The van der Waals surface area contributed by atoms with Crippen LogP contribution in [0.1, 0.15) is 35.3 Å². The van der Waals surface area contributed by atoms with Crippen molar-refractivity contribution in [1.82, 2.24) is 0 Å². The predicted molar refractivity (Wildman–Crippen MR) is 71.0 cm³/mol. The Kier molecular flexibility index (Phi) is 3.78. The van der Waals surface area contributed by atoms with Gasteiger partial charge < -0.3 is 5.11 Å². The first kappa shape index (κ1) is 12.8. The van der Waals surface area contributed by atoms with E-state index in [1.807, 2.05) is 37.3 Å². The van der Waals surface area contributed by atoms with Crippen LogP contribution < -0.4 is 0 Å². The minimum atomic E-state index is -0.905. The third-order valence-electron chi connectivity index (χ3n) is 3.13. The van der Waals surface area contributed by atoms with E-state index in [9.17, 15) is 9.50 Å². The van der Waals surface area contributed by atoms with E-state index in [1.54, 1.807) is 6.07 Å². The molecule has 94 valence electrons. The summed E-state index contributed by atoms with van der Waals surface area (Å²) in [5, 5.41) is 10.2. The first-order valence-corrected chi connectivity index (χ1v) is 6.14. The van der Waals surface area contributed by atoms with Crippen LogP contribution in [-0.4, -0.2) is 5.11 Å². The van der Waals surface area contributed by atoms with Crippen molar-refractivity contribution in [1.29, 1.82) is 0 Å². The van der Waals surface area contributed by atoms with E-state index in [4.69, 9.17) is 0 Å². The quantitative estimate of drug-likeness (QED) is 0.871. The van der Waals surface area contributed by atoms with Gasteiger partial charge in [-0.2, -0.15) is 0 Å². The van der Waals surface area contributed by atoms with Gasteiger partial charge in [0, 0.05) is 5.56 Å². The molecule has 2 rings (SSSR count). The molecule has 2 heteroatoms. The molecule has 2 aromatic carbocycles. The molecule has 0 radical (unpaired) electrons. The lowest BCUT2D eigenvalue weighted by molar-refractivity contribution is 0.215. The summed E-state index contributed by atoms with van der Waals surface area (Å²) in [6.07, 6.45) is -0.00572. The fraction of sp³-hybridized carbons (Fsp3) is 0.250. The van der Waals surface area contributed by atoms with Gasteiger partial charge in [0.15, 0.2) is 0 Å². The molecule has 0 bridgehead atoms. The first-order valence-electron chi connectivity index (χ1n) is 6.14. The molecule has 0 aliphatic heterocycles. The zero-order valence-electron chi connectivity index (χ0n) is 10.7. The molecular weight excluding hydrogens is 227 g/mol. The maximum Gasteiger partial charge on any atom is 0.129 e. The van der Waals surface area contributed by atoms with Crippen LogP contribution in [0.25, 0.3) is 0 Å². The van der Waals surface area contributed by atoms with Crippen molar-refractivity contribution in [3.8, 4) is 0 Å². The molecule has 18 heavy (non-hydrogen) atoms. The zero-order chi connectivity index (χ0) is 13.1. The highest BCUT2D eigenvalue weighted by Crippen LogP contribution is 2.25. The van der Waals surface area contributed by atoms with Crippen molar-refractivity contribution in [2.45, 2.75) is 26.4 Å². The smallest absolute Gasteiger partial charge is 0.129 e. The van der Waals surface area contributed by atoms with Crippen molar-refractivity contribution in [3.05, 3.63) is 70.5 Å². The molecule has 0 fully saturated rings. The summed E-state index contributed by atoms with van der Waals surface area (Å²) in [5.74, 6) is -0.357. The van der Waals surface area contributed by atoms with Gasteiger partial charge in [-0.1, -0.05) is 43.3 Å². The molecule has 1 N–H and O–H groups in total. The molecule has 0 aliphatic carbocycles. The Bertz CT molecular complexity index is 549. The van der Waals surface area contributed by atoms with Crippen LogP contribution in [0.15, 0.2) is 42.5 Å². The van der Waals surface area contributed by atoms with Crippen molar-refractivity contribution in [3.63, 3.8) is 0 Å². The Morgan fingerprint density at radius 3 is 2.61 bits per heavy atom. The molecule has 2 aromatic rings. The fourth-order valence-electron chi connectivity index (χ4n) is 2.02. The van der Waals surface area contributed by atoms with Crippen molar-refractivity contribution in [2.24, 2.45) is 0 Å². The SMILES string of the molecule is CCc1cccc(C(O)c2ccc(C)cc2F)c1. The van der Waals surface area contributed by atoms with E-state index < -0.39 is 6.10 Å². The van der Waals surface area contributed by atoms with Gasteiger partial charge in [-0.25, -0.2) is 4.39 Å². The molecule has 0 amide bonds. The van der Waals surface area contributed by atoms with Crippen LogP contribution in [0.2, 0.25) is 0 Å². The minimum absolute atomic E-state index is 0.328. The summed E-state index contributed by atoms with van der Waals surface area (Å²) in [4.78, 5) is 0. The van der Waals surface area contributed by atoms with Gasteiger partial charge in [-0.15, -0.1) is 0 Å². The first-order chi connectivity index (χ1) is 8.61. The number of halogens is 1. The van der Waals surface area contributed by atoms with Gasteiger partial charge in [-0.3, -0.25) is 0 Å². The highest BCUT2D eigenvalue weighted by atomic mass is 19.1. The van der Waals surface area contributed by atoms with E-state index in [0.29, 0.717) is 5.56 Å². The predicted octanol–water partition coefficient (Wildman–Crippen LogP) is 3.78. The molecule has 0 saturated carbocycles. The molecule has 0 spiro atoms. The van der Waals surface area contributed by atoms with Crippen LogP contribution >= 0.6 is 0 Å². The van der Waals surface area contributed by atoms with E-state index in [2.05, 4.69) is 6.92 Å².